The molecule has 2 heterocycles. The highest BCUT2D eigenvalue weighted by atomic mass is 16.4. The van der Waals surface area contributed by atoms with Crippen LogP contribution in [0.1, 0.15) is 18.9 Å². The van der Waals surface area contributed by atoms with Crippen molar-refractivity contribution in [3.05, 3.63) is 23.9 Å². The van der Waals surface area contributed by atoms with Crippen LogP contribution in [0.4, 0.5) is 10.6 Å². The number of nitrogens with one attached hydrogen (secondary N) is 1. The van der Waals surface area contributed by atoms with Crippen LogP contribution in [0.15, 0.2) is 18.3 Å². The molecule has 0 aliphatic carbocycles. The number of amides is 1. The molecule has 1 aliphatic heterocycles. The summed E-state index contributed by atoms with van der Waals surface area (Å²) in [4.78, 5) is 30.4. The van der Waals surface area contributed by atoms with Crippen molar-refractivity contribution in [2.24, 2.45) is 0 Å². The van der Waals surface area contributed by atoms with Crippen LogP contribution in [0.25, 0.3) is 0 Å². The molecule has 1 aliphatic rings. The first kappa shape index (κ1) is 16.2. The Morgan fingerprint density at radius 3 is 2.82 bits per heavy atom. The minimum absolute atomic E-state index is 0.107. The van der Waals surface area contributed by atoms with Gasteiger partial charge in [0.05, 0.1) is 6.54 Å². The van der Waals surface area contributed by atoms with E-state index in [1.807, 2.05) is 30.9 Å². The number of piperazine rings is 1. The van der Waals surface area contributed by atoms with Gasteiger partial charge < -0.3 is 14.8 Å². The fourth-order valence-electron chi connectivity index (χ4n) is 2.90. The van der Waals surface area contributed by atoms with Gasteiger partial charge in [0.15, 0.2) is 0 Å². The second-order valence-electron chi connectivity index (χ2n) is 5.48. The molecule has 7 nitrogen and oxygen atoms in total. The first-order valence-corrected chi connectivity index (χ1v) is 7.39. The lowest BCUT2D eigenvalue weighted by molar-refractivity contribution is -0.111. The van der Waals surface area contributed by atoms with Crippen LogP contribution >= 0.6 is 0 Å². The van der Waals surface area contributed by atoms with Crippen molar-refractivity contribution in [1.82, 2.24) is 15.2 Å². The first-order valence-electron chi connectivity index (χ1n) is 7.39. The summed E-state index contributed by atoms with van der Waals surface area (Å²) in [7, 11) is 0. The van der Waals surface area contributed by atoms with Gasteiger partial charge in [0, 0.05) is 25.7 Å². The van der Waals surface area contributed by atoms with Crippen LogP contribution in [-0.2, 0) is 4.79 Å². The Morgan fingerprint density at radius 1 is 1.50 bits per heavy atom. The molecule has 1 aromatic heterocycles. The largest absolute Gasteiger partial charge is 0.465 e. The molecule has 0 saturated carbocycles. The standard InChI is InChI=1S/C15H22N4O3/c1-3-17-15(6-9-20)11-18(7-8-19(15)14(21)22)13-5-4-12(2)10-16-13/h4-5,9-10,17H,3,6-8,11H2,1-2H3,(H,21,22). The van der Waals surface area contributed by atoms with Crippen molar-refractivity contribution < 1.29 is 14.7 Å². The lowest BCUT2D eigenvalue weighted by Gasteiger charge is -2.49. The molecule has 22 heavy (non-hydrogen) atoms. The predicted molar refractivity (Wildman–Crippen MR) is 83.0 cm³/mol. The average Bonchev–Trinajstić information content (AvgIpc) is 2.48. The number of likely N-dealkylation sites (N-methyl/N-ethyl adjacent to an activating group) is 1. The number of hydrogen-bond acceptors (Lipinski definition) is 5. The Balaban J connectivity index is 2.30. The van der Waals surface area contributed by atoms with E-state index in [-0.39, 0.29) is 6.42 Å². The molecule has 1 unspecified atom stereocenters. The van der Waals surface area contributed by atoms with E-state index in [1.165, 1.54) is 4.90 Å². The molecule has 1 aromatic rings. The summed E-state index contributed by atoms with van der Waals surface area (Å²) in [6.07, 6.45) is 1.65. The van der Waals surface area contributed by atoms with Crippen molar-refractivity contribution in [2.45, 2.75) is 25.9 Å². The number of carbonyl (C=O) groups excluding carboxylic acids is 1. The Hall–Kier alpha value is -2.15. The van der Waals surface area contributed by atoms with Gasteiger partial charge in [0.25, 0.3) is 0 Å². The quantitative estimate of drug-likeness (QED) is 0.792. The van der Waals surface area contributed by atoms with Gasteiger partial charge in [0.2, 0.25) is 0 Å². The smallest absolute Gasteiger partial charge is 0.408 e. The number of hydrogen-bond donors (Lipinski definition) is 2. The third-order valence-electron chi connectivity index (χ3n) is 3.94. The van der Waals surface area contributed by atoms with Gasteiger partial charge in [-0.25, -0.2) is 9.78 Å². The van der Waals surface area contributed by atoms with Crippen LogP contribution in [0.5, 0.6) is 0 Å². The van der Waals surface area contributed by atoms with Crippen molar-refractivity contribution >= 4 is 18.2 Å². The predicted octanol–water partition coefficient (Wildman–Crippen LogP) is 1.08. The number of aryl methyl sites for hydroxylation is 1. The number of carboxylic acid groups (broad SMARTS) is 1. The maximum absolute atomic E-state index is 11.5. The Bertz CT molecular complexity index is 534. The zero-order valence-electron chi connectivity index (χ0n) is 13.0. The molecule has 0 spiro atoms. The van der Waals surface area contributed by atoms with Gasteiger partial charge in [-0.15, -0.1) is 0 Å². The van der Waals surface area contributed by atoms with Crippen molar-refractivity contribution in [3.63, 3.8) is 0 Å². The van der Waals surface area contributed by atoms with Crippen LogP contribution in [0, 0.1) is 6.92 Å². The topological polar surface area (TPSA) is 85.8 Å². The monoisotopic (exact) mass is 306 g/mol. The molecular weight excluding hydrogens is 284 g/mol. The number of pyridine rings is 1. The summed E-state index contributed by atoms with van der Waals surface area (Å²) in [5, 5.41) is 12.6. The first-order chi connectivity index (χ1) is 10.5. The Kier molecular flexibility index (Phi) is 4.97. The molecule has 1 amide bonds. The molecular formula is C15H22N4O3. The second-order valence-corrected chi connectivity index (χ2v) is 5.48. The van der Waals surface area contributed by atoms with Gasteiger partial charge in [-0.3, -0.25) is 10.2 Å². The molecule has 0 radical (unpaired) electrons. The Labute approximate surface area is 129 Å². The number of rotatable bonds is 5. The number of anilines is 1. The molecule has 2 N–H and O–H groups in total. The van der Waals surface area contributed by atoms with E-state index >= 15 is 0 Å². The molecule has 0 bridgehead atoms. The van der Waals surface area contributed by atoms with E-state index in [1.54, 1.807) is 6.20 Å². The maximum Gasteiger partial charge on any atom is 0.408 e. The van der Waals surface area contributed by atoms with Gasteiger partial charge in [-0.05, 0) is 25.1 Å². The van der Waals surface area contributed by atoms with Crippen LogP contribution in [-0.4, -0.2) is 59.2 Å². The SMILES string of the molecule is CCNC1(CC=O)CN(c2ccc(C)cn2)CCN1C(=O)O. The van der Waals surface area contributed by atoms with E-state index in [9.17, 15) is 14.7 Å². The van der Waals surface area contributed by atoms with Crippen LogP contribution < -0.4 is 10.2 Å². The highest BCUT2D eigenvalue weighted by molar-refractivity contribution is 5.68. The van der Waals surface area contributed by atoms with Gasteiger partial charge >= 0.3 is 6.09 Å². The average molecular weight is 306 g/mol. The fourth-order valence-corrected chi connectivity index (χ4v) is 2.90. The van der Waals surface area contributed by atoms with Gasteiger partial charge in [0.1, 0.15) is 17.8 Å². The lowest BCUT2D eigenvalue weighted by atomic mass is 10.0. The van der Waals surface area contributed by atoms with Crippen LogP contribution in [0.2, 0.25) is 0 Å². The van der Waals surface area contributed by atoms with E-state index < -0.39 is 11.8 Å². The molecule has 2 rings (SSSR count). The highest BCUT2D eigenvalue weighted by Gasteiger charge is 2.44. The number of carbonyl (C=O) groups is 2. The summed E-state index contributed by atoms with van der Waals surface area (Å²) in [6.45, 7) is 5.71. The van der Waals surface area contributed by atoms with Gasteiger partial charge in [-0.2, -0.15) is 0 Å². The van der Waals surface area contributed by atoms with Gasteiger partial charge in [-0.1, -0.05) is 13.0 Å². The number of aromatic nitrogens is 1. The molecule has 120 valence electrons. The zero-order chi connectivity index (χ0) is 16.2. The minimum Gasteiger partial charge on any atom is -0.465 e. The molecule has 1 saturated heterocycles. The van der Waals surface area contributed by atoms with E-state index in [0.717, 1.165) is 17.7 Å². The summed E-state index contributed by atoms with van der Waals surface area (Å²) < 4.78 is 0. The fraction of sp³-hybridized carbons (Fsp3) is 0.533. The highest BCUT2D eigenvalue weighted by Crippen LogP contribution is 2.25. The molecule has 1 fully saturated rings. The molecule has 1 atom stereocenters. The van der Waals surface area contributed by atoms with E-state index in [2.05, 4.69) is 10.3 Å². The number of aldehydes is 1. The van der Waals surface area contributed by atoms with E-state index in [4.69, 9.17) is 0 Å². The maximum atomic E-state index is 11.5. The third-order valence-corrected chi connectivity index (χ3v) is 3.94. The second kappa shape index (κ2) is 6.74. The minimum atomic E-state index is -1.01. The molecule has 0 aromatic carbocycles. The van der Waals surface area contributed by atoms with E-state index in [0.29, 0.717) is 26.2 Å². The normalized spacial score (nSPS) is 21.7. The number of nitrogens with zero attached hydrogens (tertiary/aromatic N) is 3. The zero-order valence-corrected chi connectivity index (χ0v) is 13.0. The van der Waals surface area contributed by atoms with Crippen molar-refractivity contribution in [2.75, 3.05) is 31.1 Å². The summed E-state index contributed by atoms with van der Waals surface area (Å²) >= 11 is 0. The molecule has 7 heteroatoms. The third kappa shape index (κ3) is 3.19. The van der Waals surface area contributed by atoms with Crippen LogP contribution in [0.3, 0.4) is 0 Å². The summed E-state index contributed by atoms with van der Waals surface area (Å²) in [6, 6.07) is 3.89. The summed E-state index contributed by atoms with van der Waals surface area (Å²) in [5.41, 5.74) is 0.159. The summed E-state index contributed by atoms with van der Waals surface area (Å²) in [5.74, 6) is 0.795. The van der Waals surface area contributed by atoms with Crippen molar-refractivity contribution in [3.8, 4) is 0 Å². The Morgan fingerprint density at radius 2 is 2.27 bits per heavy atom. The van der Waals surface area contributed by atoms with Crippen molar-refractivity contribution in [1.29, 1.82) is 0 Å². The lowest BCUT2D eigenvalue weighted by Crippen LogP contribution is -2.70.